The first-order valence-electron chi connectivity index (χ1n) is 17.0. The number of fused-ring (bicyclic) bond motifs is 3. The van der Waals surface area contributed by atoms with E-state index < -0.39 is 0 Å². The maximum absolute atomic E-state index is 12.0. The Kier molecular flexibility index (Phi) is 8.78. The van der Waals surface area contributed by atoms with Gasteiger partial charge in [-0.15, -0.1) is 0 Å². The molecular weight excluding hydrogens is 530 g/mol. The summed E-state index contributed by atoms with van der Waals surface area (Å²) >= 11 is 0. The average molecular weight is 586 g/mol. The summed E-state index contributed by atoms with van der Waals surface area (Å²) in [6.45, 7) is 19.2. The number of isocyanates is 1. The van der Waals surface area contributed by atoms with Crippen LogP contribution in [0.3, 0.4) is 0 Å². The number of benzene rings is 1. The lowest BCUT2D eigenvalue weighted by Crippen LogP contribution is -2.60. The van der Waals surface area contributed by atoms with Gasteiger partial charge in [-0.05, 0) is 140 Å². The van der Waals surface area contributed by atoms with Crippen LogP contribution < -0.4 is 0 Å². The molecule has 0 saturated heterocycles. The number of carbonyl (C=O) groups is 1. The van der Waals surface area contributed by atoms with E-state index in [1.807, 2.05) is 18.2 Å². The number of methoxy groups -OCH3 is 1. The summed E-state index contributed by atoms with van der Waals surface area (Å²) < 4.78 is 4.92. The van der Waals surface area contributed by atoms with Crippen molar-refractivity contribution in [2.75, 3.05) is 7.11 Å². The summed E-state index contributed by atoms with van der Waals surface area (Å²) in [6.07, 6.45) is 17.3. The predicted octanol–water partition coefficient (Wildman–Crippen LogP) is 9.99. The van der Waals surface area contributed by atoms with Gasteiger partial charge < -0.3 is 4.74 Å². The number of rotatable bonds is 8. The fourth-order valence-corrected chi connectivity index (χ4v) is 11.1. The molecule has 3 fully saturated rings. The molecule has 0 N–H and O–H groups in total. The van der Waals surface area contributed by atoms with Crippen molar-refractivity contribution in [3.8, 4) is 0 Å². The van der Waals surface area contributed by atoms with E-state index in [0.717, 1.165) is 32.1 Å². The molecule has 0 heterocycles. The highest BCUT2D eigenvalue weighted by atomic mass is 16.5. The van der Waals surface area contributed by atoms with Gasteiger partial charge in [0.1, 0.15) is 0 Å². The second kappa shape index (κ2) is 11.8. The van der Waals surface area contributed by atoms with E-state index in [0.29, 0.717) is 35.2 Å². The third-order valence-electron chi connectivity index (χ3n) is 13.9. The minimum absolute atomic E-state index is 0.0506. The van der Waals surface area contributed by atoms with Crippen molar-refractivity contribution < 1.29 is 14.3 Å². The quantitative estimate of drug-likeness (QED) is 0.132. The fraction of sp³-hybridized carbons (Fsp3) is 0.692. The normalized spacial score (nSPS) is 38.2. The van der Waals surface area contributed by atoms with E-state index in [2.05, 4.69) is 71.3 Å². The van der Waals surface area contributed by atoms with Gasteiger partial charge in [0.2, 0.25) is 6.08 Å². The molecule has 0 spiro atoms. The Morgan fingerprint density at radius 3 is 2.37 bits per heavy atom. The van der Waals surface area contributed by atoms with Gasteiger partial charge in [0.25, 0.3) is 0 Å². The predicted molar refractivity (Wildman–Crippen MR) is 175 cm³/mol. The molecule has 0 unspecified atom stereocenters. The van der Waals surface area contributed by atoms with Crippen molar-refractivity contribution in [1.29, 1.82) is 0 Å². The number of ether oxygens (including phenoxy) is 1. The molecular formula is C39H55NO3. The molecule has 0 aromatic heterocycles. The second-order valence-electron chi connectivity index (χ2n) is 15.7. The van der Waals surface area contributed by atoms with Gasteiger partial charge in [0.15, 0.2) is 0 Å². The average Bonchev–Trinajstić information content (AvgIpc) is 3.37. The first-order valence-corrected chi connectivity index (χ1v) is 17.0. The summed E-state index contributed by atoms with van der Waals surface area (Å²) in [4.78, 5) is 28.4. The van der Waals surface area contributed by atoms with E-state index in [1.54, 1.807) is 0 Å². The van der Waals surface area contributed by atoms with Gasteiger partial charge in [0.05, 0.1) is 18.2 Å². The summed E-state index contributed by atoms with van der Waals surface area (Å²) in [5.74, 6) is 2.47. The Bertz CT molecular complexity index is 1300. The van der Waals surface area contributed by atoms with Gasteiger partial charge in [0, 0.05) is 0 Å². The molecule has 4 nitrogen and oxygen atoms in total. The number of esters is 1. The van der Waals surface area contributed by atoms with E-state index in [4.69, 9.17) is 4.74 Å². The number of hydrogen-bond acceptors (Lipinski definition) is 4. The molecule has 1 aromatic rings. The number of nitrogens with zero attached hydrogens (tertiary/aromatic N) is 1. The van der Waals surface area contributed by atoms with E-state index in [9.17, 15) is 9.59 Å². The van der Waals surface area contributed by atoms with Gasteiger partial charge in [-0.3, -0.25) is 0 Å². The van der Waals surface area contributed by atoms with Crippen LogP contribution in [0.25, 0.3) is 5.57 Å². The Balaban J connectivity index is 1.42. The first-order chi connectivity index (χ1) is 20.4. The van der Waals surface area contributed by atoms with Gasteiger partial charge in [-0.1, -0.05) is 71.4 Å². The topological polar surface area (TPSA) is 55.7 Å². The maximum atomic E-state index is 12.0. The molecule has 4 aliphatic rings. The second-order valence-corrected chi connectivity index (χ2v) is 15.7. The molecule has 0 bridgehead atoms. The minimum Gasteiger partial charge on any atom is -0.465 e. The van der Waals surface area contributed by atoms with Gasteiger partial charge in [-0.2, -0.15) is 4.99 Å². The van der Waals surface area contributed by atoms with Crippen molar-refractivity contribution >= 4 is 17.6 Å². The summed E-state index contributed by atoms with van der Waals surface area (Å²) in [6, 6.07) is 7.99. The maximum Gasteiger partial charge on any atom is 0.337 e. The largest absolute Gasteiger partial charge is 0.465 e. The number of allylic oxidation sites excluding steroid dienone is 3. The van der Waals surface area contributed by atoms with Crippen LogP contribution in [0.5, 0.6) is 0 Å². The molecule has 4 aliphatic carbocycles. The zero-order valence-electron chi connectivity index (χ0n) is 27.9. The third-order valence-corrected chi connectivity index (χ3v) is 13.9. The van der Waals surface area contributed by atoms with Crippen LogP contribution in [0.2, 0.25) is 0 Å². The highest BCUT2D eigenvalue weighted by Gasteiger charge is 2.66. The molecule has 43 heavy (non-hydrogen) atoms. The molecule has 0 amide bonds. The van der Waals surface area contributed by atoms with Crippen LogP contribution in [-0.2, 0) is 9.53 Å². The molecule has 1 aromatic carbocycles. The Hall–Kier alpha value is -2.45. The minimum atomic E-state index is -0.288. The van der Waals surface area contributed by atoms with E-state index in [-0.39, 0.29) is 27.8 Å². The van der Waals surface area contributed by atoms with Gasteiger partial charge in [-0.25, -0.2) is 9.59 Å². The zero-order valence-corrected chi connectivity index (χ0v) is 27.9. The van der Waals surface area contributed by atoms with Crippen molar-refractivity contribution in [2.45, 2.75) is 118 Å². The standard InChI is InChI=1S/C39H55NO3/c1-9-29-17-18-33-34-31(26(2)3)20-22-39(34,40-25-41)24-23-38(33,7)37(29,6)21-19-30-11-10-12-32(36(30,4)5)27-13-15-28(16-14-27)35(42)43-8/h12-16,29-31,33-34H,2,9-11,17-24H2,1,3-8H3/t29-,30-,31-,33+,34+,37+,38+,39-/m0/s1. The molecule has 0 aliphatic heterocycles. The highest BCUT2D eigenvalue weighted by Crippen LogP contribution is 2.71. The molecule has 234 valence electrons. The molecule has 3 saturated carbocycles. The molecule has 4 heteroatoms. The SMILES string of the molecule is C=C(C)[C@@H]1CC[C@]2(N=C=O)CC[C@]3(C)[C@H](CC[C@H](CC)[C@@]3(C)CC[C@@H]3CCC=C(c4ccc(C(=O)OC)cc4)C3(C)C)[C@@H]12. The number of aliphatic imine (C=N–C) groups is 1. The van der Waals surface area contributed by atoms with Crippen LogP contribution in [0, 0.1) is 45.8 Å². The van der Waals surface area contributed by atoms with E-state index >= 15 is 0 Å². The van der Waals surface area contributed by atoms with Crippen molar-refractivity contribution in [2.24, 2.45) is 50.8 Å². The lowest BCUT2D eigenvalue weighted by molar-refractivity contribution is -0.154. The van der Waals surface area contributed by atoms with E-state index in [1.165, 1.54) is 62.3 Å². The van der Waals surface area contributed by atoms with Crippen molar-refractivity contribution in [1.82, 2.24) is 0 Å². The van der Waals surface area contributed by atoms with Crippen molar-refractivity contribution in [3.63, 3.8) is 0 Å². The van der Waals surface area contributed by atoms with Crippen LogP contribution in [-0.4, -0.2) is 24.7 Å². The number of carbonyl (C=O) groups excluding carboxylic acids is 2. The lowest BCUT2D eigenvalue weighted by Gasteiger charge is -2.65. The lowest BCUT2D eigenvalue weighted by atomic mass is 9.40. The van der Waals surface area contributed by atoms with Crippen LogP contribution in [0.4, 0.5) is 0 Å². The van der Waals surface area contributed by atoms with Gasteiger partial charge >= 0.3 is 5.97 Å². The Labute approximate surface area is 260 Å². The monoisotopic (exact) mass is 585 g/mol. The summed E-state index contributed by atoms with van der Waals surface area (Å²) in [7, 11) is 1.43. The van der Waals surface area contributed by atoms with Crippen LogP contribution in [0.1, 0.15) is 128 Å². The smallest absolute Gasteiger partial charge is 0.337 e. The summed E-state index contributed by atoms with van der Waals surface area (Å²) in [5, 5.41) is 0. The van der Waals surface area contributed by atoms with Crippen LogP contribution >= 0.6 is 0 Å². The van der Waals surface area contributed by atoms with Crippen LogP contribution in [0.15, 0.2) is 47.5 Å². The zero-order chi connectivity index (χ0) is 31.2. The highest BCUT2D eigenvalue weighted by molar-refractivity contribution is 5.89. The van der Waals surface area contributed by atoms with Crippen molar-refractivity contribution in [3.05, 3.63) is 53.6 Å². The molecule has 5 rings (SSSR count). The Morgan fingerprint density at radius 2 is 1.74 bits per heavy atom. The molecule has 8 atom stereocenters. The number of hydrogen-bond donors (Lipinski definition) is 0. The first kappa shape index (κ1) is 32.0. The third kappa shape index (κ3) is 5.10. The Morgan fingerprint density at radius 1 is 1.02 bits per heavy atom. The molecule has 0 radical (unpaired) electrons. The fourth-order valence-electron chi connectivity index (χ4n) is 11.1. The summed E-state index contributed by atoms with van der Waals surface area (Å²) in [5.41, 5.74) is 4.78.